The van der Waals surface area contributed by atoms with Gasteiger partial charge in [-0.05, 0) is 24.6 Å². The van der Waals surface area contributed by atoms with Gasteiger partial charge < -0.3 is 10.5 Å². The maximum absolute atomic E-state index is 5.75. The number of fused-ring (bicyclic) bond motifs is 1. The van der Waals surface area contributed by atoms with Crippen molar-refractivity contribution in [3.63, 3.8) is 0 Å². The van der Waals surface area contributed by atoms with E-state index >= 15 is 0 Å². The van der Waals surface area contributed by atoms with Gasteiger partial charge in [0.05, 0.1) is 4.90 Å². The summed E-state index contributed by atoms with van der Waals surface area (Å²) in [5.41, 5.74) is 6.88. The zero-order valence-electron chi connectivity index (χ0n) is 6.91. The second kappa shape index (κ2) is 2.99. The molecule has 3 heteroatoms. The molecule has 12 heavy (non-hydrogen) atoms. The van der Waals surface area contributed by atoms with Gasteiger partial charge in [0.1, 0.15) is 11.7 Å². The van der Waals surface area contributed by atoms with Gasteiger partial charge in [0.2, 0.25) is 0 Å². The molecule has 2 nitrogen and oxygen atoms in total. The minimum absolute atomic E-state index is 0.0875. The van der Waals surface area contributed by atoms with Crippen LogP contribution >= 0.6 is 11.8 Å². The molecule has 1 aromatic rings. The molecule has 2 N–H and O–H groups in total. The first-order valence-electron chi connectivity index (χ1n) is 3.92. The summed E-state index contributed by atoms with van der Waals surface area (Å²) >= 11 is 1.73. The molecule has 0 aliphatic carbocycles. The highest BCUT2D eigenvalue weighted by atomic mass is 32.2. The molecule has 0 saturated carbocycles. The SMILES string of the molecule is CC(N)c1ccc2c(c1)OCS2. The number of thioether (sulfide) groups is 1. The average Bonchev–Trinajstić information content (AvgIpc) is 2.49. The molecule has 1 heterocycles. The van der Waals surface area contributed by atoms with Crippen molar-refractivity contribution < 1.29 is 4.74 Å². The Bertz CT molecular complexity index is 299. The first-order valence-corrected chi connectivity index (χ1v) is 4.91. The van der Waals surface area contributed by atoms with Gasteiger partial charge in [-0.3, -0.25) is 0 Å². The summed E-state index contributed by atoms with van der Waals surface area (Å²) in [5.74, 6) is 1.72. The molecule has 0 saturated heterocycles. The predicted molar refractivity (Wildman–Crippen MR) is 50.4 cm³/mol. The molecule has 2 rings (SSSR count). The van der Waals surface area contributed by atoms with Crippen LogP contribution in [0.15, 0.2) is 23.1 Å². The normalized spacial score (nSPS) is 16.8. The van der Waals surface area contributed by atoms with E-state index in [0.717, 1.165) is 17.3 Å². The lowest BCUT2D eigenvalue weighted by atomic mass is 10.1. The number of benzene rings is 1. The third-order valence-corrected chi connectivity index (χ3v) is 2.81. The number of ether oxygens (including phenoxy) is 1. The van der Waals surface area contributed by atoms with Crippen LogP contribution in [0.4, 0.5) is 0 Å². The highest BCUT2D eigenvalue weighted by Crippen LogP contribution is 2.37. The summed E-state index contributed by atoms with van der Waals surface area (Å²) in [6, 6.07) is 6.25. The number of rotatable bonds is 1. The lowest BCUT2D eigenvalue weighted by molar-refractivity contribution is 0.397. The average molecular weight is 181 g/mol. The zero-order valence-corrected chi connectivity index (χ0v) is 7.73. The van der Waals surface area contributed by atoms with Crippen LogP contribution in [0.3, 0.4) is 0 Å². The van der Waals surface area contributed by atoms with Gasteiger partial charge in [0.25, 0.3) is 0 Å². The van der Waals surface area contributed by atoms with Crippen LogP contribution in [0.1, 0.15) is 18.5 Å². The Balaban J connectivity index is 2.39. The lowest BCUT2D eigenvalue weighted by Crippen LogP contribution is -2.04. The molecule has 0 radical (unpaired) electrons. The highest BCUT2D eigenvalue weighted by Gasteiger charge is 2.13. The van der Waals surface area contributed by atoms with Crippen LogP contribution in [0.2, 0.25) is 0 Å². The fourth-order valence-electron chi connectivity index (χ4n) is 1.20. The fraction of sp³-hybridized carbons (Fsp3) is 0.333. The summed E-state index contributed by atoms with van der Waals surface area (Å²) in [4.78, 5) is 1.22. The largest absolute Gasteiger partial charge is 0.481 e. The lowest BCUT2D eigenvalue weighted by Gasteiger charge is -2.06. The van der Waals surface area contributed by atoms with Crippen LogP contribution in [0.25, 0.3) is 0 Å². The van der Waals surface area contributed by atoms with Crippen molar-refractivity contribution in [2.45, 2.75) is 17.9 Å². The number of nitrogens with two attached hydrogens (primary N) is 1. The molecular weight excluding hydrogens is 170 g/mol. The second-order valence-corrected chi connectivity index (χ2v) is 3.87. The van der Waals surface area contributed by atoms with Crippen molar-refractivity contribution in [3.05, 3.63) is 23.8 Å². The zero-order chi connectivity index (χ0) is 8.55. The minimum atomic E-state index is 0.0875. The van der Waals surface area contributed by atoms with E-state index in [4.69, 9.17) is 10.5 Å². The Morgan fingerprint density at radius 1 is 1.58 bits per heavy atom. The third kappa shape index (κ3) is 1.30. The van der Waals surface area contributed by atoms with Crippen LogP contribution in [-0.2, 0) is 0 Å². The smallest absolute Gasteiger partial charge is 0.138 e. The molecule has 1 aromatic carbocycles. The Morgan fingerprint density at radius 3 is 3.17 bits per heavy atom. The third-order valence-electron chi connectivity index (χ3n) is 1.92. The van der Waals surface area contributed by atoms with E-state index in [1.807, 2.05) is 13.0 Å². The Morgan fingerprint density at radius 2 is 2.42 bits per heavy atom. The molecule has 0 amide bonds. The van der Waals surface area contributed by atoms with E-state index in [2.05, 4.69) is 12.1 Å². The Hall–Kier alpha value is -0.670. The summed E-state index contributed by atoms with van der Waals surface area (Å²) < 4.78 is 5.40. The molecule has 0 aromatic heterocycles. The van der Waals surface area contributed by atoms with Crippen molar-refractivity contribution in [1.82, 2.24) is 0 Å². The first-order chi connectivity index (χ1) is 5.77. The highest BCUT2D eigenvalue weighted by molar-refractivity contribution is 7.99. The van der Waals surface area contributed by atoms with Crippen LogP contribution in [0.5, 0.6) is 5.75 Å². The molecular formula is C9H11NOS. The van der Waals surface area contributed by atoms with Crippen LogP contribution < -0.4 is 10.5 Å². The van der Waals surface area contributed by atoms with Crippen molar-refractivity contribution in [1.29, 1.82) is 0 Å². The van der Waals surface area contributed by atoms with Gasteiger partial charge in [-0.15, -0.1) is 0 Å². The Labute approximate surface area is 76.1 Å². The van der Waals surface area contributed by atoms with Gasteiger partial charge in [-0.25, -0.2) is 0 Å². The van der Waals surface area contributed by atoms with Gasteiger partial charge in [-0.2, -0.15) is 0 Å². The van der Waals surface area contributed by atoms with Crippen molar-refractivity contribution in [2.75, 3.05) is 5.94 Å². The fourth-order valence-corrected chi connectivity index (χ4v) is 1.93. The number of hydrogen-bond acceptors (Lipinski definition) is 3. The topological polar surface area (TPSA) is 35.2 Å². The standard InChI is InChI=1S/C9H11NOS/c1-6(10)7-2-3-9-8(4-7)11-5-12-9/h2-4,6H,5,10H2,1H3. The van der Waals surface area contributed by atoms with Gasteiger partial charge in [0.15, 0.2) is 0 Å². The summed E-state index contributed by atoms with van der Waals surface area (Å²) in [7, 11) is 0. The Kier molecular flexibility index (Phi) is 1.98. The molecule has 1 aliphatic rings. The maximum Gasteiger partial charge on any atom is 0.138 e. The van der Waals surface area contributed by atoms with Crippen molar-refractivity contribution in [3.8, 4) is 5.75 Å². The van der Waals surface area contributed by atoms with Crippen molar-refractivity contribution in [2.24, 2.45) is 5.73 Å². The van der Waals surface area contributed by atoms with Crippen LogP contribution in [0, 0.1) is 0 Å². The van der Waals surface area contributed by atoms with Gasteiger partial charge in [0, 0.05) is 6.04 Å². The molecule has 1 unspecified atom stereocenters. The number of hydrogen-bond donors (Lipinski definition) is 1. The van der Waals surface area contributed by atoms with E-state index in [1.54, 1.807) is 11.8 Å². The molecule has 0 bridgehead atoms. The van der Waals surface area contributed by atoms with E-state index in [0.29, 0.717) is 0 Å². The van der Waals surface area contributed by atoms with Crippen LogP contribution in [-0.4, -0.2) is 5.94 Å². The second-order valence-electron chi connectivity index (χ2n) is 2.90. The van der Waals surface area contributed by atoms with E-state index in [9.17, 15) is 0 Å². The summed E-state index contributed by atoms with van der Waals surface area (Å²) in [5, 5.41) is 0. The quantitative estimate of drug-likeness (QED) is 0.721. The first kappa shape index (κ1) is 7.95. The van der Waals surface area contributed by atoms with E-state index in [-0.39, 0.29) is 6.04 Å². The van der Waals surface area contributed by atoms with Crippen molar-refractivity contribution >= 4 is 11.8 Å². The monoisotopic (exact) mass is 181 g/mol. The summed E-state index contributed by atoms with van der Waals surface area (Å²) in [6.45, 7) is 1.98. The minimum Gasteiger partial charge on any atom is -0.481 e. The molecule has 64 valence electrons. The van der Waals surface area contributed by atoms with E-state index in [1.165, 1.54) is 4.90 Å². The maximum atomic E-state index is 5.75. The molecule has 1 aliphatic heterocycles. The molecule has 0 fully saturated rings. The van der Waals surface area contributed by atoms with Gasteiger partial charge in [-0.1, -0.05) is 17.8 Å². The summed E-state index contributed by atoms with van der Waals surface area (Å²) in [6.07, 6.45) is 0. The molecule has 1 atom stereocenters. The predicted octanol–water partition coefficient (Wildman–Crippen LogP) is 2.15. The molecule has 0 spiro atoms. The van der Waals surface area contributed by atoms with Gasteiger partial charge >= 0.3 is 0 Å². The van der Waals surface area contributed by atoms with E-state index < -0.39 is 0 Å².